The van der Waals surface area contributed by atoms with Gasteiger partial charge in [0.1, 0.15) is 0 Å². The Balaban J connectivity index is 2.80. The maximum atomic E-state index is 12.2. The van der Waals surface area contributed by atoms with Crippen LogP contribution in [0, 0.1) is 0 Å². The van der Waals surface area contributed by atoms with Crippen LogP contribution in [0.15, 0.2) is 28.1 Å². The number of benzene rings is 1. The Hall–Kier alpha value is -1.95. The Morgan fingerprint density at radius 2 is 2.17 bits per heavy atom. The zero-order chi connectivity index (χ0) is 13.4. The number of amidine groups is 1. The molecule has 2 rings (SSSR count). The number of oxime groups is 1. The van der Waals surface area contributed by atoms with Crippen molar-refractivity contribution < 1.29 is 5.21 Å². The van der Waals surface area contributed by atoms with Gasteiger partial charge in [-0.15, -0.1) is 0 Å². The van der Waals surface area contributed by atoms with Crippen LogP contribution >= 0.6 is 11.6 Å². The Bertz CT molecular complexity index is 686. The number of aryl methyl sites for hydroxylation is 1. The Kier molecular flexibility index (Phi) is 3.04. The molecule has 0 amide bonds. The summed E-state index contributed by atoms with van der Waals surface area (Å²) in [5.74, 6) is -0.0282. The summed E-state index contributed by atoms with van der Waals surface area (Å²) in [6.45, 7) is 1.69. The van der Waals surface area contributed by atoms with E-state index in [1.807, 2.05) is 0 Å². The molecule has 0 aliphatic heterocycles. The third kappa shape index (κ3) is 1.74. The van der Waals surface area contributed by atoms with Gasteiger partial charge in [-0.05, 0) is 25.1 Å². The topological polar surface area (TPSA) is 85.5 Å². The van der Waals surface area contributed by atoms with Crippen molar-refractivity contribution >= 4 is 28.5 Å². The van der Waals surface area contributed by atoms with E-state index in [1.54, 1.807) is 32.2 Å². The van der Waals surface area contributed by atoms with E-state index < -0.39 is 6.04 Å². The molecular weight excluding hydrogens is 256 g/mol. The normalized spacial score (nSPS) is 14.1. The first kappa shape index (κ1) is 12.5. The third-order valence-corrected chi connectivity index (χ3v) is 3.22. The number of nitrogens with zero attached hydrogens (tertiary/aromatic N) is 3. The fraction of sp³-hybridized carbons (Fsp3) is 0.273. The highest BCUT2D eigenvalue weighted by molar-refractivity contribution is 6.31. The first-order valence-corrected chi connectivity index (χ1v) is 5.69. The van der Waals surface area contributed by atoms with Crippen molar-refractivity contribution in [2.75, 3.05) is 0 Å². The average molecular weight is 269 g/mol. The van der Waals surface area contributed by atoms with E-state index in [-0.39, 0.29) is 11.5 Å². The fourth-order valence-corrected chi connectivity index (χ4v) is 2.09. The van der Waals surface area contributed by atoms with Crippen molar-refractivity contribution in [1.29, 1.82) is 0 Å². The number of fused-ring (bicyclic) bond motifs is 1. The van der Waals surface area contributed by atoms with Crippen LogP contribution in [0.3, 0.4) is 0 Å². The molecule has 7 heteroatoms. The van der Waals surface area contributed by atoms with Crippen LogP contribution in [0.2, 0.25) is 5.02 Å². The average Bonchev–Trinajstić information content (AvgIpc) is 2.60. The van der Waals surface area contributed by atoms with Crippen LogP contribution in [0.5, 0.6) is 0 Å². The second-order valence-corrected chi connectivity index (χ2v) is 4.48. The lowest BCUT2D eigenvalue weighted by Gasteiger charge is -2.11. The predicted molar refractivity (Wildman–Crippen MR) is 70.3 cm³/mol. The fourth-order valence-electron chi connectivity index (χ4n) is 1.93. The van der Waals surface area contributed by atoms with E-state index in [2.05, 4.69) is 5.16 Å². The molecule has 1 atom stereocenters. The van der Waals surface area contributed by atoms with Crippen LogP contribution in [0.4, 0.5) is 0 Å². The van der Waals surface area contributed by atoms with Crippen molar-refractivity contribution in [1.82, 2.24) is 9.13 Å². The third-order valence-electron chi connectivity index (χ3n) is 2.98. The standard InChI is InChI=1S/C11H13ClN4O2/c1-6(10(13)14-18)16-8-4-3-7(12)5-9(8)15(2)11(16)17/h3-6,18H,1-2H3,(H2,13,14). The van der Waals surface area contributed by atoms with E-state index in [1.165, 1.54) is 9.13 Å². The zero-order valence-corrected chi connectivity index (χ0v) is 10.7. The molecule has 1 unspecified atom stereocenters. The highest BCUT2D eigenvalue weighted by atomic mass is 35.5. The molecule has 96 valence electrons. The Morgan fingerprint density at radius 1 is 1.50 bits per heavy atom. The molecule has 0 saturated carbocycles. The van der Waals surface area contributed by atoms with Crippen LogP contribution in [-0.2, 0) is 7.05 Å². The molecule has 0 fully saturated rings. The molecular formula is C11H13ClN4O2. The van der Waals surface area contributed by atoms with Crippen molar-refractivity contribution in [3.63, 3.8) is 0 Å². The minimum Gasteiger partial charge on any atom is -0.409 e. The summed E-state index contributed by atoms with van der Waals surface area (Å²) in [5, 5.41) is 12.2. The van der Waals surface area contributed by atoms with Gasteiger partial charge in [0.25, 0.3) is 0 Å². The lowest BCUT2D eigenvalue weighted by atomic mass is 10.2. The SMILES string of the molecule is CC(/C(N)=N/O)n1c(=O)n(C)c2cc(Cl)ccc21. The molecule has 1 aromatic carbocycles. The van der Waals surface area contributed by atoms with Crippen molar-refractivity contribution in [2.24, 2.45) is 17.9 Å². The number of hydrogen-bond donors (Lipinski definition) is 2. The molecule has 0 saturated heterocycles. The molecule has 0 aliphatic rings. The summed E-state index contributed by atoms with van der Waals surface area (Å²) in [4.78, 5) is 12.2. The quantitative estimate of drug-likeness (QED) is 0.373. The Labute approximate surface area is 108 Å². The first-order chi connectivity index (χ1) is 8.47. The summed E-state index contributed by atoms with van der Waals surface area (Å²) in [7, 11) is 1.65. The van der Waals surface area contributed by atoms with Gasteiger partial charge in [0.05, 0.1) is 17.1 Å². The number of rotatable bonds is 2. The zero-order valence-electron chi connectivity index (χ0n) is 9.96. The van der Waals surface area contributed by atoms with Gasteiger partial charge in [0.2, 0.25) is 0 Å². The van der Waals surface area contributed by atoms with Gasteiger partial charge in [-0.25, -0.2) is 4.79 Å². The van der Waals surface area contributed by atoms with Crippen LogP contribution in [0.1, 0.15) is 13.0 Å². The van der Waals surface area contributed by atoms with E-state index in [0.29, 0.717) is 16.1 Å². The van der Waals surface area contributed by atoms with Gasteiger partial charge in [0.15, 0.2) is 5.84 Å². The Morgan fingerprint density at radius 3 is 2.78 bits per heavy atom. The molecule has 0 radical (unpaired) electrons. The van der Waals surface area contributed by atoms with E-state index in [9.17, 15) is 4.79 Å². The lowest BCUT2D eigenvalue weighted by molar-refractivity contribution is 0.314. The summed E-state index contributed by atoms with van der Waals surface area (Å²) in [6, 6.07) is 4.60. The van der Waals surface area contributed by atoms with E-state index >= 15 is 0 Å². The van der Waals surface area contributed by atoms with Gasteiger partial charge in [0, 0.05) is 12.1 Å². The molecule has 2 aromatic rings. The molecule has 1 aromatic heterocycles. The number of aromatic nitrogens is 2. The monoisotopic (exact) mass is 268 g/mol. The van der Waals surface area contributed by atoms with Crippen LogP contribution in [0.25, 0.3) is 11.0 Å². The molecule has 6 nitrogen and oxygen atoms in total. The molecule has 0 bridgehead atoms. The van der Waals surface area contributed by atoms with Gasteiger partial charge >= 0.3 is 5.69 Å². The summed E-state index contributed by atoms with van der Waals surface area (Å²) in [6.07, 6.45) is 0. The number of imidazole rings is 1. The van der Waals surface area contributed by atoms with Gasteiger partial charge < -0.3 is 10.9 Å². The van der Waals surface area contributed by atoms with Crippen molar-refractivity contribution in [2.45, 2.75) is 13.0 Å². The van der Waals surface area contributed by atoms with Gasteiger partial charge in [-0.1, -0.05) is 16.8 Å². The van der Waals surface area contributed by atoms with Crippen molar-refractivity contribution in [3.05, 3.63) is 33.7 Å². The maximum absolute atomic E-state index is 12.2. The van der Waals surface area contributed by atoms with E-state index in [0.717, 1.165) is 0 Å². The number of nitrogens with two attached hydrogens (primary N) is 1. The molecule has 3 N–H and O–H groups in total. The second-order valence-electron chi connectivity index (χ2n) is 4.05. The highest BCUT2D eigenvalue weighted by Gasteiger charge is 2.18. The lowest BCUT2D eigenvalue weighted by Crippen LogP contribution is -2.32. The van der Waals surface area contributed by atoms with Crippen LogP contribution < -0.4 is 11.4 Å². The molecule has 0 aliphatic carbocycles. The van der Waals surface area contributed by atoms with E-state index in [4.69, 9.17) is 22.5 Å². The molecule has 1 heterocycles. The van der Waals surface area contributed by atoms with Gasteiger partial charge in [-0.2, -0.15) is 0 Å². The van der Waals surface area contributed by atoms with Crippen LogP contribution in [-0.4, -0.2) is 20.2 Å². The maximum Gasteiger partial charge on any atom is 0.329 e. The first-order valence-electron chi connectivity index (χ1n) is 5.31. The minimum absolute atomic E-state index is 0.0282. The largest absolute Gasteiger partial charge is 0.409 e. The molecule has 18 heavy (non-hydrogen) atoms. The van der Waals surface area contributed by atoms with Crippen molar-refractivity contribution in [3.8, 4) is 0 Å². The smallest absolute Gasteiger partial charge is 0.329 e. The predicted octanol–water partition coefficient (Wildman–Crippen LogP) is 1.30. The number of hydrogen-bond acceptors (Lipinski definition) is 3. The number of halogens is 1. The summed E-state index contributed by atoms with van der Waals surface area (Å²) in [5.41, 5.74) is 6.69. The highest BCUT2D eigenvalue weighted by Crippen LogP contribution is 2.20. The molecule has 0 spiro atoms. The summed E-state index contributed by atoms with van der Waals surface area (Å²) < 4.78 is 2.93. The summed E-state index contributed by atoms with van der Waals surface area (Å²) >= 11 is 5.91. The minimum atomic E-state index is -0.535. The second kappa shape index (κ2) is 4.38. The van der Waals surface area contributed by atoms with Gasteiger partial charge in [-0.3, -0.25) is 9.13 Å².